The van der Waals surface area contributed by atoms with E-state index in [1.165, 1.54) is 5.56 Å². The van der Waals surface area contributed by atoms with Crippen molar-refractivity contribution in [3.63, 3.8) is 0 Å². The Balaban J connectivity index is 1.81. The maximum Gasteiger partial charge on any atom is 0.232 e. The lowest BCUT2D eigenvalue weighted by molar-refractivity contribution is 0.984. The fourth-order valence-electron chi connectivity index (χ4n) is 1.95. The summed E-state index contributed by atoms with van der Waals surface area (Å²) in [6.07, 6.45) is 3.38. The molecule has 116 valence electrons. The van der Waals surface area contributed by atoms with Gasteiger partial charge in [0.15, 0.2) is 0 Å². The van der Waals surface area contributed by atoms with Gasteiger partial charge in [0.05, 0.1) is 18.1 Å². The van der Waals surface area contributed by atoms with Gasteiger partial charge < -0.3 is 10.6 Å². The molecule has 23 heavy (non-hydrogen) atoms. The molecule has 3 rings (SSSR count). The normalized spacial score (nSPS) is 10.4. The zero-order valence-corrected chi connectivity index (χ0v) is 13.2. The first-order valence-corrected chi connectivity index (χ1v) is 7.20. The Hall–Kier alpha value is -3.09. The third-order valence-electron chi connectivity index (χ3n) is 3.09. The van der Waals surface area contributed by atoms with Crippen molar-refractivity contribution in [2.24, 2.45) is 0 Å². The maximum absolute atomic E-state index is 4.37. The lowest BCUT2D eigenvalue weighted by Gasteiger charge is -2.09. The van der Waals surface area contributed by atoms with E-state index in [-0.39, 0.29) is 0 Å². The van der Waals surface area contributed by atoms with E-state index in [2.05, 4.69) is 35.6 Å². The highest BCUT2D eigenvalue weighted by Crippen LogP contribution is 2.16. The molecule has 2 aromatic heterocycles. The number of aryl methyl sites for hydroxylation is 3. The molecule has 0 saturated heterocycles. The molecule has 3 aromatic rings. The Kier molecular flexibility index (Phi) is 4.09. The van der Waals surface area contributed by atoms with E-state index in [9.17, 15) is 0 Å². The highest BCUT2D eigenvalue weighted by atomic mass is 15.2. The zero-order valence-electron chi connectivity index (χ0n) is 13.2. The lowest BCUT2D eigenvalue weighted by Crippen LogP contribution is -2.06. The molecule has 1 aromatic carbocycles. The Labute approximate surface area is 134 Å². The molecule has 0 atom stereocenters. The summed E-state index contributed by atoms with van der Waals surface area (Å²) in [6, 6.07) is 8.02. The van der Waals surface area contributed by atoms with Crippen molar-refractivity contribution in [3.8, 4) is 0 Å². The first kappa shape index (κ1) is 14.8. The van der Waals surface area contributed by atoms with E-state index < -0.39 is 0 Å². The minimum absolute atomic E-state index is 0.444. The molecule has 0 radical (unpaired) electrons. The molecule has 0 aliphatic carbocycles. The van der Waals surface area contributed by atoms with Crippen LogP contribution in [0.1, 0.15) is 17.2 Å². The van der Waals surface area contributed by atoms with E-state index in [0.717, 1.165) is 11.4 Å². The van der Waals surface area contributed by atoms with E-state index in [1.54, 1.807) is 12.4 Å². The largest absolute Gasteiger partial charge is 0.324 e. The number of aromatic nitrogens is 5. The van der Waals surface area contributed by atoms with E-state index in [0.29, 0.717) is 23.5 Å². The number of benzene rings is 1. The van der Waals surface area contributed by atoms with Crippen LogP contribution in [-0.4, -0.2) is 24.9 Å². The van der Waals surface area contributed by atoms with Crippen molar-refractivity contribution in [1.82, 2.24) is 24.9 Å². The number of hydrogen-bond acceptors (Lipinski definition) is 7. The summed E-state index contributed by atoms with van der Waals surface area (Å²) in [5.74, 6) is 2.26. The number of nitrogens with one attached hydrogen (secondary N) is 2. The molecule has 0 aliphatic heterocycles. The van der Waals surface area contributed by atoms with Crippen molar-refractivity contribution >= 4 is 23.3 Å². The van der Waals surface area contributed by atoms with Gasteiger partial charge in [0.2, 0.25) is 11.9 Å². The molecule has 0 aliphatic rings. The summed E-state index contributed by atoms with van der Waals surface area (Å²) in [6.45, 7) is 5.70. The van der Waals surface area contributed by atoms with Crippen molar-refractivity contribution in [2.75, 3.05) is 10.6 Å². The van der Waals surface area contributed by atoms with Gasteiger partial charge in [0, 0.05) is 5.69 Å². The summed E-state index contributed by atoms with van der Waals surface area (Å²) in [5, 5.41) is 6.25. The standard InChI is InChI=1S/C16H17N7/c1-10-4-6-13(7-5-10)21-15-19-12(3)20-16(23-15)22-14-8-17-11(2)18-9-14/h4-9H,1-3H3,(H2,19,20,21,22,23). The van der Waals surface area contributed by atoms with Crippen LogP contribution in [0.5, 0.6) is 0 Å². The van der Waals surface area contributed by atoms with Crippen LogP contribution in [0.4, 0.5) is 23.3 Å². The molecule has 2 heterocycles. The van der Waals surface area contributed by atoms with Gasteiger partial charge in [0.1, 0.15) is 11.6 Å². The van der Waals surface area contributed by atoms with Crippen LogP contribution in [0, 0.1) is 20.8 Å². The smallest absolute Gasteiger partial charge is 0.232 e. The number of rotatable bonds is 4. The quantitative estimate of drug-likeness (QED) is 0.765. The number of nitrogens with zero attached hydrogens (tertiary/aromatic N) is 5. The van der Waals surface area contributed by atoms with E-state index in [4.69, 9.17) is 0 Å². The van der Waals surface area contributed by atoms with Gasteiger partial charge >= 0.3 is 0 Å². The van der Waals surface area contributed by atoms with Gasteiger partial charge in [-0.1, -0.05) is 17.7 Å². The molecule has 0 saturated carbocycles. The van der Waals surface area contributed by atoms with Crippen LogP contribution in [0.25, 0.3) is 0 Å². The second kappa shape index (κ2) is 6.35. The molecule has 7 heteroatoms. The topological polar surface area (TPSA) is 88.5 Å². The first-order chi connectivity index (χ1) is 11.1. The molecule has 2 N–H and O–H groups in total. The third kappa shape index (κ3) is 3.97. The predicted octanol–water partition coefficient (Wildman–Crippen LogP) is 3.07. The van der Waals surface area contributed by atoms with Crippen molar-refractivity contribution in [3.05, 3.63) is 53.9 Å². The number of anilines is 4. The van der Waals surface area contributed by atoms with Crippen LogP contribution in [0.15, 0.2) is 36.7 Å². The van der Waals surface area contributed by atoms with Crippen LogP contribution >= 0.6 is 0 Å². The Morgan fingerprint density at radius 2 is 1.22 bits per heavy atom. The van der Waals surface area contributed by atoms with Crippen molar-refractivity contribution in [1.29, 1.82) is 0 Å². The van der Waals surface area contributed by atoms with E-state index >= 15 is 0 Å². The summed E-state index contributed by atoms with van der Waals surface area (Å²) >= 11 is 0. The Morgan fingerprint density at radius 3 is 1.83 bits per heavy atom. The lowest BCUT2D eigenvalue weighted by atomic mass is 10.2. The molecule has 0 unspecified atom stereocenters. The third-order valence-corrected chi connectivity index (χ3v) is 3.09. The summed E-state index contributed by atoms with van der Waals surface area (Å²) in [4.78, 5) is 21.2. The van der Waals surface area contributed by atoms with Gasteiger partial charge in [-0.15, -0.1) is 0 Å². The van der Waals surface area contributed by atoms with Crippen LogP contribution in [-0.2, 0) is 0 Å². The van der Waals surface area contributed by atoms with E-state index in [1.807, 2.05) is 45.0 Å². The maximum atomic E-state index is 4.37. The Bertz CT molecular complexity index is 732. The minimum Gasteiger partial charge on any atom is -0.324 e. The molecule has 0 spiro atoms. The van der Waals surface area contributed by atoms with Gasteiger partial charge in [-0.05, 0) is 32.9 Å². The van der Waals surface area contributed by atoms with Gasteiger partial charge in [-0.2, -0.15) is 15.0 Å². The molecule has 0 amide bonds. The van der Waals surface area contributed by atoms with Gasteiger partial charge in [0.25, 0.3) is 0 Å². The monoisotopic (exact) mass is 307 g/mol. The fraction of sp³-hybridized carbons (Fsp3) is 0.188. The number of hydrogen-bond donors (Lipinski definition) is 2. The molecule has 0 fully saturated rings. The summed E-state index contributed by atoms with van der Waals surface area (Å²) < 4.78 is 0. The SMILES string of the molecule is Cc1ccc(Nc2nc(C)nc(Nc3cnc(C)nc3)n2)cc1. The van der Waals surface area contributed by atoms with Crippen molar-refractivity contribution in [2.45, 2.75) is 20.8 Å². The second-order valence-electron chi connectivity index (χ2n) is 5.16. The summed E-state index contributed by atoms with van der Waals surface area (Å²) in [5.41, 5.74) is 2.84. The highest BCUT2D eigenvalue weighted by Gasteiger charge is 2.05. The van der Waals surface area contributed by atoms with Crippen LogP contribution in [0.2, 0.25) is 0 Å². The second-order valence-corrected chi connectivity index (χ2v) is 5.16. The molecule has 7 nitrogen and oxygen atoms in total. The van der Waals surface area contributed by atoms with Crippen molar-refractivity contribution < 1.29 is 0 Å². The van der Waals surface area contributed by atoms with Gasteiger partial charge in [-0.25, -0.2) is 9.97 Å². The molecule has 0 bridgehead atoms. The average Bonchev–Trinajstić information content (AvgIpc) is 2.51. The molecular weight excluding hydrogens is 290 g/mol. The van der Waals surface area contributed by atoms with Crippen LogP contribution in [0.3, 0.4) is 0 Å². The minimum atomic E-state index is 0.444. The van der Waals surface area contributed by atoms with Gasteiger partial charge in [-0.3, -0.25) is 0 Å². The zero-order chi connectivity index (χ0) is 16.2. The average molecular weight is 307 g/mol. The highest BCUT2D eigenvalue weighted by molar-refractivity contribution is 5.56. The van der Waals surface area contributed by atoms with Crippen LogP contribution < -0.4 is 10.6 Å². The first-order valence-electron chi connectivity index (χ1n) is 7.20. The fourth-order valence-corrected chi connectivity index (χ4v) is 1.95. The summed E-state index contributed by atoms with van der Waals surface area (Å²) in [7, 11) is 0. The Morgan fingerprint density at radius 1 is 0.652 bits per heavy atom. The predicted molar refractivity (Wildman–Crippen MR) is 89.1 cm³/mol. The molecular formula is C16H17N7.